The van der Waals surface area contributed by atoms with Gasteiger partial charge >= 0.3 is 0 Å². The Morgan fingerprint density at radius 3 is 2.68 bits per heavy atom. The van der Waals surface area contributed by atoms with E-state index in [1.165, 1.54) is 0 Å². The molecule has 0 bridgehead atoms. The van der Waals surface area contributed by atoms with Crippen molar-refractivity contribution in [2.24, 2.45) is 4.99 Å². The number of nitrogens with zero attached hydrogens (tertiary/aromatic N) is 1. The molecule has 0 radical (unpaired) electrons. The monoisotopic (exact) mass is 301 g/mol. The van der Waals surface area contributed by atoms with E-state index in [9.17, 15) is 5.11 Å². The second-order valence-electron chi connectivity index (χ2n) is 4.65. The van der Waals surface area contributed by atoms with Gasteiger partial charge in [0, 0.05) is 28.6 Å². The summed E-state index contributed by atoms with van der Waals surface area (Å²) >= 11 is 11.9. The Kier molecular flexibility index (Phi) is 3.67. The van der Waals surface area contributed by atoms with E-state index in [2.05, 4.69) is 4.99 Å². The molecule has 0 saturated carbocycles. The van der Waals surface area contributed by atoms with Crippen LogP contribution in [0.5, 0.6) is 0 Å². The van der Waals surface area contributed by atoms with Crippen LogP contribution >= 0.6 is 23.2 Å². The first kappa shape index (κ1) is 13.2. The molecule has 3 rings (SSSR count). The Morgan fingerprint density at radius 1 is 1.21 bits per heavy atom. The summed E-state index contributed by atoms with van der Waals surface area (Å²) in [5.74, 6) is 0.454. The largest absolute Gasteiger partial charge is 0.469 e. The lowest BCUT2D eigenvalue weighted by Crippen LogP contribution is -2.51. The number of aliphatic hydroxyl groups is 1. The van der Waals surface area contributed by atoms with E-state index in [0.29, 0.717) is 41.1 Å². The van der Waals surface area contributed by atoms with Gasteiger partial charge in [0.2, 0.25) is 5.90 Å². The number of hydrogen-bond donors (Lipinski definition) is 1. The highest BCUT2D eigenvalue weighted by atomic mass is 35.5. The van der Waals surface area contributed by atoms with E-state index in [0.717, 1.165) is 0 Å². The number of hydrogen-bond acceptors (Lipinski definition) is 4. The lowest BCUT2D eigenvalue weighted by Gasteiger charge is -2.37. The highest BCUT2D eigenvalue weighted by Crippen LogP contribution is 2.26. The van der Waals surface area contributed by atoms with Crippen LogP contribution in [0.25, 0.3) is 0 Å². The minimum atomic E-state index is -0.529. The van der Waals surface area contributed by atoms with Gasteiger partial charge in [-0.2, -0.15) is 0 Å². The van der Waals surface area contributed by atoms with E-state index in [-0.39, 0.29) is 12.2 Å². The van der Waals surface area contributed by atoms with Gasteiger partial charge in [-0.3, -0.25) is 0 Å². The summed E-state index contributed by atoms with van der Waals surface area (Å²) in [6.45, 7) is 1.01. The van der Waals surface area contributed by atoms with Gasteiger partial charge in [0.25, 0.3) is 0 Å². The molecule has 0 amide bonds. The summed E-state index contributed by atoms with van der Waals surface area (Å²) in [5.41, 5.74) is 0.716. The number of ether oxygens (including phenoxy) is 2. The highest BCUT2D eigenvalue weighted by molar-refractivity contribution is 6.35. The van der Waals surface area contributed by atoms with Gasteiger partial charge in [-0.25, -0.2) is 4.99 Å². The van der Waals surface area contributed by atoms with Crippen molar-refractivity contribution in [3.05, 3.63) is 33.8 Å². The Bertz CT molecular complexity index is 500. The van der Waals surface area contributed by atoms with Gasteiger partial charge in [0.05, 0.1) is 12.6 Å². The molecule has 1 saturated heterocycles. The molecule has 0 aliphatic carbocycles. The zero-order valence-corrected chi connectivity index (χ0v) is 11.6. The third-order valence-electron chi connectivity index (χ3n) is 3.26. The topological polar surface area (TPSA) is 51.0 Å². The van der Waals surface area contributed by atoms with Crippen LogP contribution < -0.4 is 0 Å². The van der Waals surface area contributed by atoms with Crippen molar-refractivity contribution in [2.75, 3.05) is 13.2 Å². The third kappa shape index (κ3) is 2.72. The van der Waals surface area contributed by atoms with Gasteiger partial charge < -0.3 is 14.6 Å². The van der Waals surface area contributed by atoms with E-state index in [4.69, 9.17) is 32.7 Å². The van der Waals surface area contributed by atoms with Gasteiger partial charge in [0.1, 0.15) is 6.10 Å². The smallest absolute Gasteiger partial charge is 0.216 e. The number of rotatable bonds is 1. The van der Waals surface area contributed by atoms with Crippen LogP contribution in [-0.4, -0.2) is 42.5 Å². The molecular weight excluding hydrogens is 289 g/mol. The summed E-state index contributed by atoms with van der Waals surface area (Å²) in [4.78, 5) is 4.34. The molecule has 2 aliphatic rings. The highest BCUT2D eigenvalue weighted by Gasteiger charge is 2.38. The SMILES string of the molecule is O[C@@H]1CCO[C@@H]2CN=C(c3cc(Cl)cc(Cl)c3)O[C@@H]12. The first-order valence-corrected chi connectivity index (χ1v) is 6.86. The summed E-state index contributed by atoms with van der Waals surface area (Å²) in [7, 11) is 0. The third-order valence-corrected chi connectivity index (χ3v) is 3.70. The summed E-state index contributed by atoms with van der Waals surface area (Å²) in [6.07, 6.45) is -0.509. The molecule has 3 atom stereocenters. The van der Waals surface area contributed by atoms with Crippen molar-refractivity contribution >= 4 is 29.1 Å². The average molecular weight is 302 g/mol. The molecule has 1 N–H and O–H groups in total. The number of halogens is 2. The van der Waals surface area contributed by atoms with Crippen LogP contribution in [0.4, 0.5) is 0 Å². The zero-order valence-electron chi connectivity index (χ0n) is 10.1. The molecule has 1 aromatic carbocycles. The van der Waals surface area contributed by atoms with Crippen molar-refractivity contribution in [3.8, 4) is 0 Å². The predicted molar refractivity (Wildman–Crippen MR) is 73.1 cm³/mol. The molecule has 2 aliphatic heterocycles. The standard InChI is InChI=1S/C13H13Cl2NO3/c14-8-3-7(4-9(15)5-8)13-16-6-11-12(19-13)10(17)1-2-18-11/h3-5,10-12,17H,1-2,6H2/t10-,11-,12+/m1/s1. The molecule has 1 fully saturated rings. The zero-order chi connectivity index (χ0) is 13.4. The molecular formula is C13H13Cl2NO3. The van der Waals surface area contributed by atoms with E-state index in [1.807, 2.05) is 0 Å². The molecule has 0 unspecified atom stereocenters. The molecule has 0 aromatic heterocycles. The fourth-order valence-electron chi connectivity index (χ4n) is 2.33. The first-order valence-electron chi connectivity index (χ1n) is 6.11. The van der Waals surface area contributed by atoms with Crippen LogP contribution in [0.2, 0.25) is 10.0 Å². The Morgan fingerprint density at radius 2 is 1.95 bits per heavy atom. The van der Waals surface area contributed by atoms with Crippen molar-refractivity contribution in [1.29, 1.82) is 0 Å². The molecule has 6 heteroatoms. The van der Waals surface area contributed by atoms with Crippen LogP contribution in [0, 0.1) is 0 Å². The minimum Gasteiger partial charge on any atom is -0.469 e. The number of aliphatic imine (C=N–C) groups is 1. The Hall–Kier alpha value is -0.810. The lowest BCUT2D eigenvalue weighted by molar-refractivity contribution is -0.130. The lowest BCUT2D eigenvalue weighted by atomic mass is 10.0. The van der Waals surface area contributed by atoms with E-state index >= 15 is 0 Å². The van der Waals surface area contributed by atoms with Gasteiger partial charge in [0.15, 0.2) is 6.10 Å². The van der Waals surface area contributed by atoms with Gasteiger partial charge in [-0.05, 0) is 18.2 Å². The summed E-state index contributed by atoms with van der Waals surface area (Å²) < 4.78 is 11.3. The summed E-state index contributed by atoms with van der Waals surface area (Å²) in [5, 5.41) is 11.0. The van der Waals surface area contributed by atoms with Crippen molar-refractivity contribution in [1.82, 2.24) is 0 Å². The van der Waals surface area contributed by atoms with E-state index < -0.39 is 6.10 Å². The first-order chi connectivity index (χ1) is 9.13. The van der Waals surface area contributed by atoms with E-state index in [1.54, 1.807) is 18.2 Å². The van der Waals surface area contributed by atoms with Crippen molar-refractivity contribution in [3.63, 3.8) is 0 Å². The van der Waals surface area contributed by atoms with Crippen LogP contribution in [-0.2, 0) is 9.47 Å². The van der Waals surface area contributed by atoms with Crippen molar-refractivity contribution < 1.29 is 14.6 Å². The quantitative estimate of drug-likeness (QED) is 0.866. The van der Waals surface area contributed by atoms with Crippen LogP contribution in [0.1, 0.15) is 12.0 Å². The van der Waals surface area contributed by atoms with Crippen LogP contribution in [0.15, 0.2) is 23.2 Å². The Labute approximate surface area is 120 Å². The molecule has 102 valence electrons. The average Bonchev–Trinajstić information content (AvgIpc) is 2.38. The second kappa shape index (κ2) is 5.29. The number of aliphatic hydroxyl groups excluding tert-OH is 1. The van der Waals surface area contributed by atoms with Crippen LogP contribution in [0.3, 0.4) is 0 Å². The molecule has 1 aromatic rings. The normalized spacial score (nSPS) is 30.3. The van der Waals surface area contributed by atoms with Gasteiger partial charge in [-0.15, -0.1) is 0 Å². The maximum absolute atomic E-state index is 9.97. The number of fused-ring (bicyclic) bond motifs is 1. The van der Waals surface area contributed by atoms with Gasteiger partial charge in [-0.1, -0.05) is 23.2 Å². The summed E-state index contributed by atoms with van der Waals surface area (Å²) in [6, 6.07) is 5.13. The maximum Gasteiger partial charge on any atom is 0.216 e. The minimum absolute atomic E-state index is 0.179. The molecule has 4 nitrogen and oxygen atoms in total. The fourth-order valence-corrected chi connectivity index (χ4v) is 2.86. The predicted octanol–water partition coefficient (Wildman–Crippen LogP) is 2.29. The fraction of sp³-hybridized carbons (Fsp3) is 0.462. The molecule has 2 heterocycles. The van der Waals surface area contributed by atoms with Crippen molar-refractivity contribution in [2.45, 2.75) is 24.7 Å². The molecule has 19 heavy (non-hydrogen) atoms. The Balaban J connectivity index is 1.87. The number of benzene rings is 1. The molecule has 0 spiro atoms. The maximum atomic E-state index is 9.97. The second-order valence-corrected chi connectivity index (χ2v) is 5.52.